The third-order valence-corrected chi connectivity index (χ3v) is 4.53. The fourth-order valence-electron chi connectivity index (χ4n) is 3.15. The van der Waals surface area contributed by atoms with E-state index in [1.165, 1.54) is 0 Å². The summed E-state index contributed by atoms with van der Waals surface area (Å²) in [5.41, 5.74) is 6.60. The largest absolute Gasteiger partial charge is 0.494 e. The summed E-state index contributed by atoms with van der Waals surface area (Å²) in [6.45, 7) is 8.24. The smallest absolute Gasteiger partial charge is 0.254 e. The molecule has 0 aliphatic carbocycles. The summed E-state index contributed by atoms with van der Waals surface area (Å²) in [5.74, 6) is 0.571. The number of hydrogen-bond donors (Lipinski definition) is 1. The molecule has 0 radical (unpaired) electrons. The van der Waals surface area contributed by atoms with Crippen LogP contribution >= 0.6 is 0 Å². The average molecular weight is 347 g/mol. The van der Waals surface area contributed by atoms with Crippen LogP contribution in [0.1, 0.15) is 44.0 Å². The van der Waals surface area contributed by atoms with Gasteiger partial charge in [0.15, 0.2) is 0 Å². The number of ether oxygens (including phenoxy) is 1. The fraction of sp³-hybridized carbons (Fsp3) is 0.579. The van der Waals surface area contributed by atoms with E-state index in [1.54, 1.807) is 34.1 Å². The van der Waals surface area contributed by atoms with Crippen molar-refractivity contribution in [3.63, 3.8) is 0 Å². The van der Waals surface area contributed by atoms with E-state index in [9.17, 15) is 9.59 Å². The van der Waals surface area contributed by atoms with Crippen LogP contribution < -0.4 is 10.5 Å². The molecule has 2 N–H and O–H groups in total. The quantitative estimate of drug-likeness (QED) is 0.817. The van der Waals surface area contributed by atoms with Crippen LogP contribution in [0.15, 0.2) is 24.3 Å². The second-order valence-electron chi connectivity index (χ2n) is 6.35. The first-order chi connectivity index (χ1) is 12.0. The molecule has 138 valence electrons. The molecule has 25 heavy (non-hydrogen) atoms. The Hall–Kier alpha value is -2.08. The van der Waals surface area contributed by atoms with Crippen molar-refractivity contribution in [3.05, 3.63) is 29.8 Å². The van der Waals surface area contributed by atoms with Gasteiger partial charge < -0.3 is 20.3 Å². The molecule has 0 saturated carbocycles. The Balaban J connectivity index is 2.14. The molecule has 1 heterocycles. The number of benzene rings is 1. The minimum absolute atomic E-state index is 0.0193. The van der Waals surface area contributed by atoms with E-state index in [-0.39, 0.29) is 17.9 Å². The zero-order valence-corrected chi connectivity index (χ0v) is 15.4. The molecule has 2 rings (SSSR count). The molecule has 1 aromatic carbocycles. The molecule has 1 saturated heterocycles. The third-order valence-electron chi connectivity index (χ3n) is 4.53. The van der Waals surface area contributed by atoms with Crippen molar-refractivity contribution in [2.45, 2.75) is 45.7 Å². The van der Waals surface area contributed by atoms with Crippen molar-refractivity contribution in [3.8, 4) is 5.75 Å². The van der Waals surface area contributed by atoms with Crippen LogP contribution in [0.2, 0.25) is 0 Å². The van der Waals surface area contributed by atoms with Crippen LogP contribution in [0.3, 0.4) is 0 Å². The average Bonchev–Trinajstić information content (AvgIpc) is 3.02. The summed E-state index contributed by atoms with van der Waals surface area (Å²) >= 11 is 0. The Labute approximate surface area is 149 Å². The molecule has 6 nitrogen and oxygen atoms in total. The first-order valence-corrected chi connectivity index (χ1v) is 9.09. The standard InChI is InChI=1S/C19H29N3O3/c1-4-11-25-16-9-7-14(8-10-16)18(23)22-13-15(20)12-17(22)19(24)21(5-2)6-3/h7-10,15,17H,4-6,11-13,20H2,1-3H3/t15-,17-/m0/s1. The summed E-state index contributed by atoms with van der Waals surface area (Å²) in [6.07, 6.45) is 1.44. The predicted octanol–water partition coefficient (Wildman–Crippen LogP) is 1.89. The van der Waals surface area contributed by atoms with Gasteiger partial charge in [0.25, 0.3) is 5.91 Å². The second kappa shape index (κ2) is 8.85. The lowest BCUT2D eigenvalue weighted by Crippen LogP contribution is -2.47. The van der Waals surface area contributed by atoms with Gasteiger partial charge >= 0.3 is 0 Å². The normalized spacial score (nSPS) is 19.8. The van der Waals surface area contributed by atoms with Gasteiger partial charge in [-0.15, -0.1) is 0 Å². The molecule has 2 atom stereocenters. The van der Waals surface area contributed by atoms with Gasteiger partial charge in [0.2, 0.25) is 5.91 Å². The van der Waals surface area contributed by atoms with Crippen LogP contribution in [0.4, 0.5) is 0 Å². The van der Waals surface area contributed by atoms with Crippen LogP contribution in [0.25, 0.3) is 0 Å². The van der Waals surface area contributed by atoms with Crippen molar-refractivity contribution in [1.82, 2.24) is 9.80 Å². The first-order valence-electron chi connectivity index (χ1n) is 9.09. The lowest BCUT2D eigenvalue weighted by molar-refractivity contribution is -0.134. The summed E-state index contributed by atoms with van der Waals surface area (Å²) < 4.78 is 5.55. The molecule has 1 fully saturated rings. The van der Waals surface area contributed by atoms with E-state index in [0.717, 1.165) is 12.2 Å². The Morgan fingerprint density at radius 2 is 1.84 bits per heavy atom. The summed E-state index contributed by atoms with van der Waals surface area (Å²) in [5, 5.41) is 0. The van der Waals surface area contributed by atoms with E-state index < -0.39 is 6.04 Å². The van der Waals surface area contributed by atoms with E-state index >= 15 is 0 Å². The minimum atomic E-state index is -0.474. The third kappa shape index (κ3) is 4.51. The lowest BCUT2D eigenvalue weighted by Gasteiger charge is -2.29. The highest BCUT2D eigenvalue weighted by molar-refractivity contribution is 5.98. The van der Waals surface area contributed by atoms with Crippen LogP contribution in [0.5, 0.6) is 5.75 Å². The number of nitrogens with zero attached hydrogens (tertiary/aromatic N) is 2. The van der Waals surface area contributed by atoms with E-state index in [4.69, 9.17) is 10.5 Å². The number of carbonyl (C=O) groups is 2. The number of likely N-dealkylation sites (N-methyl/N-ethyl adjacent to an activating group) is 1. The van der Waals surface area contributed by atoms with Gasteiger partial charge in [-0.2, -0.15) is 0 Å². The van der Waals surface area contributed by atoms with Gasteiger partial charge in [-0.3, -0.25) is 9.59 Å². The molecule has 0 aromatic heterocycles. The molecule has 6 heteroatoms. The van der Waals surface area contributed by atoms with Crippen LogP contribution in [-0.2, 0) is 4.79 Å². The Kier molecular flexibility index (Phi) is 6.82. The second-order valence-corrected chi connectivity index (χ2v) is 6.35. The predicted molar refractivity (Wildman–Crippen MR) is 97.6 cm³/mol. The van der Waals surface area contributed by atoms with Crippen molar-refractivity contribution >= 4 is 11.8 Å². The van der Waals surface area contributed by atoms with E-state index in [1.807, 2.05) is 20.8 Å². The topological polar surface area (TPSA) is 75.9 Å². The number of carbonyl (C=O) groups excluding carboxylic acids is 2. The molecule has 1 aliphatic rings. The van der Waals surface area contributed by atoms with E-state index in [0.29, 0.717) is 38.2 Å². The van der Waals surface area contributed by atoms with Crippen molar-refractivity contribution < 1.29 is 14.3 Å². The molecule has 0 spiro atoms. The summed E-state index contributed by atoms with van der Waals surface area (Å²) in [4.78, 5) is 29.0. The first kappa shape index (κ1) is 19.2. The highest BCUT2D eigenvalue weighted by Gasteiger charge is 2.39. The Bertz CT molecular complexity index is 584. The number of likely N-dealkylation sites (tertiary alicyclic amines) is 1. The van der Waals surface area contributed by atoms with Gasteiger partial charge in [-0.1, -0.05) is 6.92 Å². The number of nitrogens with two attached hydrogens (primary N) is 1. The molecular formula is C19H29N3O3. The van der Waals surface area contributed by atoms with E-state index in [2.05, 4.69) is 0 Å². The summed E-state index contributed by atoms with van der Waals surface area (Å²) in [7, 11) is 0. The monoisotopic (exact) mass is 347 g/mol. The Morgan fingerprint density at radius 3 is 2.40 bits per heavy atom. The number of hydrogen-bond acceptors (Lipinski definition) is 4. The van der Waals surface area contributed by atoms with Crippen LogP contribution in [0, 0.1) is 0 Å². The Morgan fingerprint density at radius 1 is 1.20 bits per heavy atom. The molecular weight excluding hydrogens is 318 g/mol. The number of amides is 2. The molecule has 0 unspecified atom stereocenters. The van der Waals surface area contributed by atoms with Gasteiger partial charge in [0, 0.05) is 31.2 Å². The van der Waals surface area contributed by atoms with Crippen molar-refractivity contribution in [1.29, 1.82) is 0 Å². The van der Waals surface area contributed by atoms with Gasteiger partial charge in [-0.05, 0) is 51.0 Å². The molecule has 2 amide bonds. The molecule has 1 aromatic rings. The minimum Gasteiger partial charge on any atom is -0.494 e. The maximum absolute atomic E-state index is 12.9. The SMILES string of the molecule is CCCOc1ccc(C(=O)N2C[C@@H](N)C[C@H]2C(=O)N(CC)CC)cc1. The fourth-order valence-corrected chi connectivity index (χ4v) is 3.15. The van der Waals surface area contributed by atoms with Crippen LogP contribution in [-0.4, -0.2) is 59.9 Å². The van der Waals surface area contributed by atoms with Gasteiger partial charge in [-0.25, -0.2) is 0 Å². The van der Waals surface area contributed by atoms with Gasteiger partial charge in [0.1, 0.15) is 11.8 Å². The number of rotatable bonds is 7. The molecule has 0 bridgehead atoms. The zero-order chi connectivity index (χ0) is 18.4. The lowest BCUT2D eigenvalue weighted by atomic mass is 10.1. The highest BCUT2D eigenvalue weighted by atomic mass is 16.5. The van der Waals surface area contributed by atoms with Crippen molar-refractivity contribution in [2.24, 2.45) is 5.73 Å². The zero-order valence-electron chi connectivity index (χ0n) is 15.4. The van der Waals surface area contributed by atoms with Gasteiger partial charge in [0.05, 0.1) is 6.61 Å². The maximum atomic E-state index is 12.9. The summed E-state index contributed by atoms with van der Waals surface area (Å²) in [6, 6.07) is 6.44. The van der Waals surface area contributed by atoms with Crippen molar-refractivity contribution in [2.75, 3.05) is 26.2 Å². The highest BCUT2D eigenvalue weighted by Crippen LogP contribution is 2.23. The maximum Gasteiger partial charge on any atom is 0.254 e. The molecule has 1 aliphatic heterocycles.